The van der Waals surface area contributed by atoms with Crippen LogP contribution in [0.5, 0.6) is 11.5 Å². The number of ether oxygens (including phenoxy) is 2. The van der Waals surface area contributed by atoms with Gasteiger partial charge in [-0.05, 0) is 57.7 Å². The number of rotatable bonds is 6. The number of hydrogen-bond acceptors (Lipinski definition) is 4. The van der Waals surface area contributed by atoms with Crippen LogP contribution in [-0.2, 0) is 4.79 Å². The van der Waals surface area contributed by atoms with Crippen molar-refractivity contribution < 1.29 is 18.7 Å². The minimum absolute atomic E-state index is 0.0690. The van der Waals surface area contributed by atoms with Gasteiger partial charge >= 0.3 is 0 Å². The first kappa shape index (κ1) is 22.0. The van der Waals surface area contributed by atoms with Crippen LogP contribution in [0.3, 0.4) is 0 Å². The molecule has 32 heavy (non-hydrogen) atoms. The Kier molecular flexibility index (Phi) is 6.54. The van der Waals surface area contributed by atoms with Crippen LogP contribution >= 0.6 is 0 Å². The molecule has 1 aliphatic rings. The molecule has 0 spiro atoms. The summed E-state index contributed by atoms with van der Waals surface area (Å²) in [5.41, 5.74) is 5.45. The molecule has 5 heteroatoms. The van der Waals surface area contributed by atoms with Gasteiger partial charge in [0.25, 0.3) is 0 Å². The molecule has 168 valence electrons. The zero-order chi connectivity index (χ0) is 22.7. The number of furan rings is 1. The molecule has 1 saturated heterocycles. The van der Waals surface area contributed by atoms with Gasteiger partial charge in [-0.2, -0.15) is 0 Å². The van der Waals surface area contributed by atoms with Crippen LogP contribution in [0.15, 0.2) is 47.1 Å². The molecular formula is C27H31NO4. The monoisotopic (exact) mass is 433 g/mol. The molecule has 5 nitrogen and oxygen atoms in total. The van der Waals surface area contributed by atoms with Crippen LogP contribution in [0.2, 0.25) is 0 Å². The average Bonchev–Trinajstić information content (AvgIpc) is 3.25. The van der Waals surface area contributed by atoms with E-state index < -0.39 is 0 Å². The number of likely N-dealkylation sites (tertiary alicyclic amines) is 1. The Hall–Kier alpha value is -3.21. The van der Waals surface area contributed by atoms with Gasteiger partial charge in [-0.1, -0.05) is 18.2 Å². The zero-order valence-corrected chi connectivity index (χ0v) is 19.4. The van der Waals surface area contributed by atoms with Crippen LogP contribution in [-0.4, -0.2) is 37.6 Å². The lowest BCUT2D eigenvalue weighted by molar-refractivity contribution is -0.126. The quantitative estimate of drug-likeness (QED) is 0.432. The second-order valence-electron chi connectivity index (χ2n) is 8.25. The molecule has 1 aliphatic heterocycles. The maximum atomic E-state index is 12.9. The number of carbonyl (C=O) groups is 1. The lowest BCUT2D eigenvalue weighted by Gasteiger charge is -2.25. The van der Waals surface area contributed by atoms with Gasteiger partial charge in [-0.15, -0.1) is 0 Å². The van der Waals surface area contributed by atoms with E-state index in [1.807, 2.05) is 49.9 Å². The van der Waals surface area contributed by atoms with Gasteiger partial charge in [0, 0.05) is 46.8 Å². The van der Waals surface area contributed by atoms with E-state index in [1.165, 1.54) is 6.42 Å². The molecule has 0 unspecified atom stereocenters. The van der Waals surface area contributed by atoms with E-state index in [1.54, 1.807) is 19.4 Å². The highest BCUT2D eigenvalue weighted by atomic mass is 16.5. The Bertz CT molecular complexity index is 1150. The van der Waals surface area contributed by atoms with Crippen LogP contribution in [0.1, 0.15) is 44.2 Å². The normalized spacial score (nSPS) is 14.6. The highest BCUT2D eigenvalue weighted by Crippen LogP contribution is 2.42. The molecule has 3 aromatic rings. The first-order valence-corrected chi connectivity index (χ1v) is 11.3. The molecule has 2 aromatic carbocycles. The van der Waals surface area contributed by atoms with Crippen molar-refractivity contribution in [3.8, 4) is 22.6 Å². The minimum Gasteiger partial charge on any atom is -0.496 e. The topological polar surface area (TPSA) is 51.9 Å². The molecule has 0 radical (unpaired) electrons. The summed E-state index contributed by atoms with van der Waals surface area (Å²) in [7, 11) is 1.67. The van der Waals surface area contributed by atoms with Gasteiger partial charge in [0.1, 0.15) is 17.1 Å². The van der Waals surface area contributed by atoms with Crippen molar-refractivity contribution in [3.05, 3.63) is 53.8 Å². The van der Waals surface area contributed by atoms with Gasteiger partial charge in [0.05, 0.1) is 20.0 Å². The van der Waals surface area contributed by atoms with Crippen LogP contribution in [0.4, 0.5) is 0 Å². The smallest absolute Gasteiger partial charge is 0.246 e. The Labute approximate surface area is 189 Å². The van der Waals surface area contributed by atoms with Gasteiger partial charge in [-0.3, -0.25) is 4.79 Å². The SMILES string of the molecule is CCOc1c(/C(C)=C/C(=O)N2CCCCC2)cc2c(-c3ccccc3OC)coc2c1C. The predicted octanol–water partition coefficient (Wildman–Crippen LogP) is 6.23. The van der Waals surface area contributed by atoms with E-state index in [0.717, 1.165) is 76.2 Å². The fourth-order valence-corrected chi connectivity index (χ4v) is 4.48. The number of carbonyl (C=O) groups excluding carboxylic acids is 1. The molecule has 0 aliphatic carbocycles. The third-order valence-corrected chi connectivity index (χ3v) is 6.16. The number of amides is 1. The summed E-state index contributed by atoms with van der Waals surface area (Å²) in [6, 6.07) is 9.99. The van der Waals surface area contributed by atoms with Crippen molar-refractivity contribution in [1.29, 1.82) is 0 Å². The summed E-state index contributed by atoms with van der Waals surface area (Å²) < 4.78 is 17.6. The van der Waals surface area contributed by atoms with E-state index in [9.17, 15) is 4.79 Å². The van der Waals surface area contributed by atoms with Crippen molar-refractivity contribution in [1.82, 2.24) is 4.90 Å². The van der Waals surface area contributed by atoms with E-state index in [2.05, 4.69) is 6.07 Å². The summed E-state index contributed by atoms with van der Waals surface area (Å²) in [6.45, 7) is 8.15. The van der Waals surface area contributed by atoms with Crippen LogP contribution < -0.4 is 9.47 Å². The third-order valence-electron chi connectivity index (χ3n) is 6.16. The van der Waals surface area contributed by atoms with Gasteiger partial charge in [-0.25, -0.2) is 0 Å². The Balaban J connectivity index is 1.84. The first-order valence-electron chi connectivity index (χ1n) is 11.3. The van der Waals surface area contributed by atoms with Crippen molar-refractivity contribution >= 4 is 22.4 Å². The Morgan fingerprint density at radius 3 is 2.62 bits per heavy atom. The second-order valence-corrected chi connectivity index (χ2v) is 8.25. The van der Waals surface area contributed by atoms with Crippen LogP contribution in [0, 0.1) is 6.92 Å². The van der Waals surface area contributed by atoms with Gasteiger partial charge in [0.15, 0.2) is 0 Å². The van der Waals surface area contributed by atoms with Crippen molar-refractivity contribution in [2.24, 2.45) is 0 Å². The minimum atomic E-state index is 0.0690. The summed E-state index contributed by atoms with van der Waals surface area (Å²) in [4.78, 5) is 14.8. The molecule has 4 rings (SSSR count). The highest BCUT2D eigenvalue weighted by Gasteiger charge is 2.21. The fraction of sp³-hybridized carbons (Fsp3) is 0.370. The summed E-state index contributed by atoms with van der Waals surface area (Å²) in [5.74, 6) is 1.62. The predicted molar refractivity (Wildman–Crippen MR) is 128 cm³/mol. The van der Waals surface area contributed by atoms with Gasteiger partial charge < -0.3 is 18.8 Å². The van der Waals surface area contributed by atoms with Crippen molar-refractivity contribution in [2.75, 3.05) is 26.8 Å². The molecule has 0 N–H and O–H groups in total. The molecule has 1 amide bonds. The third kappa shape index (κ3) is 4.12. The largest absolute Gasteiger partial charge is 0.496 e. The number of nitrogens with zero attached hydrogens (tertiary/aromatic N) is 1. The second kappa shape index (κ2) is 9.51. The number of allylic oxidation sites excluding steroid dienone is 1. The maximum Gasteiger partial charge on any atom is 0.246 e. The summed E-state index contributed by atoms with van der Waals surface area (Å²) >= 11 is 0. The molecule has 0 saturated carbocycles. The molecule has 1 aromatic heterocycles. The molecule has 0 atom stereocenters. The number of piperidine rings is 1. The maximum absolute atomic E-state index is 12.9. The Morgan fingerprint density at radius 2 is 1.91 bits per heavy atom. The fourth-order valence-electron chi connectivity index (χ4n) is 4.48. The zero-order valence-electron chi connectivity index (χ0n) is 19.4. The molecular weight excluding hydrogens is 402 g/mol. The van der Waals surface area contributed by atoms with E-state index in [4.69, 9.17) is 13.9 Å². The number of benzene rings is 2. The van der Waals surface area contributed by atoms with E-state index in [-0.39, 0.29) is 5.91 Å². The number of para-hydroxylation sites is 1. The standard InChI is InChI=1S/C27H31NO4/c1-5-31-26-19(3)27-22(23(17-32-27)20-11-7-8-12-24(20)30-4)16-21(26)18(2)15-25(29)28-13-9-6-10-14-28/h7-8,11-12,15-17H,5-6,9-10,13-14H2,1-4H3/b18-15+. The summed E-state index contributed by atoms with van der Waals surface area (Å²) in [6.07, 6.45) is 6.86. The van der Waals surface area contributed by atoms with Crippen LogP contribution in [0.25, 0.3) is 27.7 Å². The highest BCUT2D eigenvalue weighted by molar-refractivity contribution is 6.02. The molecule has 2 heterocycles. The lowest BCUT2D eigenvalue weighted by Crippen LogP contribution is -2.34. The van der Waals surface area contributed by atoms with Crippen molar-refractivity contribution in [2.45, 2.75) is 40.0 Å². The van der Waals surface area contributed by atoms with Gasteiger partial charge in [0.2, 0.25) is 5.91 Å². The van der Waals surface area contributed by atoms with E-state index >= 15 is 0 Å². The lowest BCUT2D eigenvalue weighted by atomic mass is 9.96. The number of fused-ring (bicyclic) bond motifs is 1. The average molecular weight is 434 g/mol. The molecule has 1 fully saturated rings. The number of hydrogen-bond donors (Lipinski definition) is 0. The van der Waals surface area contributed by atoms with E-state index in [0.29, 0.717) is 6.61 Å². The number of aryl methyl sites for hydroxylation is 1. The summed E-state index contributed by atoms with van der Waals surface area (Å²) in [5, 5.41) is 0.976. The van der Waals surface area contributed by atoms with Crippen molar-refractivity contribution in [3.63, 3.8) is 0 Å². The first-order chi connectivity index (χ1) is 15.5. The Morgan fingerprint density at radius 1 is 1.16 bits per heavy atom. The molecule has 0 bridgehead atoms. The number of methoxy groups -OCH3 is 1.